The monoisotopic (exact) mass is 195 g/mol. The van der Waals surface area contributed by atoms with Crippen LogP contribution < -0.4 is 5.73 Å². The van der Waals surface area contributed by atoms with Crippen LogP contribution in [-0.4, -0.2) is 17.1 Å². The van der Waals surface area contributed by atoms with E-state index in [9.17, 15) is 4.79 Å². The van der Waals surface area contributed by atoms with Gasteiger partial charge in [-0.2, -0.15) is 0 Å². The number of halogens is 1. The van der Waals surface area contributed by atoms with Crippen molar-refractivity contribution in [1.82, 2.24) is 0 Å². The summed E-state index contributed by atoms with van der Waals surface area (Å²) in [6.07, 6.45) is 2.56. The first-order valence-corrected chi connectivity index (χ1v) is 4.02. The van der Waals surface area contributed by atoms with Crippen molar-refractivity contribution in [2.45, 2.75) is 39.2 Å². The average molecular weight is 196 g/mol. The van der Waals surface area contributed by atoms with E-state index >= 15 is 0 Å². The summed E-state index contributed by atoms with van der Waals surface area (Å²) in [4.78, 5) is 10.2. The van der Waals surface area contributed by atoms with E-state index in [1.54, 1.807) is 0 Å². The van der Waals surface area contributed by atoms with E-state index in [-0.39, 0.29) is 12.4 Å². The molecular weight excluding hydrogens is 178 g/mol. The molecule has 4 heteroatoms. The summed E-state index contributed by atoms with van der Waals surface area (Å²) in [7, 11) is 0. The van der Waals surface area contributed by atoms with E-state index in [1.807, 2.05) is 0 Å². The van der Waals surface area contributed by atoms with E-state index in [0.29, 0.717) is 12.3 Å². The lowest BCUT2D eigenvalue weighted by molar-refractivity contribution is -0.138. The van der Waals surface area contributed by atoms with E-state index in [4.69, 9.17) is 10.8 Å². The zero-order valence-electron chi connectivity index (χ0n) is 7.62. The molecule has 0 amide bonds. The van der Waals surface area contributed by atoms with Crippen LogP contribution in [0.5, 0.6) is 0 Å². The maximum Gasteiger partial charge on any atom is 0.320 e. The lowest BCUT2D eigenvalue weighted by Gasteiger charge is -2.06. The Morgan fingerprint density at radius 3 is 2.25 bits per heavy atom. The molecule has 0 aromatic rings. The van der Waals surface area contributed by atoms with Crippen molar-refractivity contribution in [3.05, 3.63) is 0 Å². The molecular formula is C8H18ClNO2. The largest absolute Gasteiger partial charge is 0.480 e. The molecule has 0 aliphatic rings. The maximum atomic E-state index is 10.2. The Kier molecular flexibility index (Phi) is 8.76. The van der Waals surface area contributed by atoms with Crippen LogP contribution in [0, 0.1) is 5.92 Å². The third kappa shape index (κ3) is 7.82. The fourth-order valence-electron chi connectivity index (χ4n) is 0.869. The number of carbonyl (C=O) groups is 1. The Labute approximate surface area is 79.7 Å². The maximum absolute atomic E-state index is 10.2. The SMILES string of the molecule is CC(C)CCC[C@H](N)C(=O)O.Cl. The van der Waals surface area contributed by atoms with Crippen LogP contribution in [0.15, 0.2) is 0 Å². The summed E-state index contributed by atoms with van der Waals surface area (Å²) >= 11 is 0. The van der Waals surface area contributed by atoms with Crippen molar-refractivity contribution in [3.8, 4) is 0 Å². The van der Waals surface area contributed by atoms with Gasteiger partial charge in [0.25, 0.3) is 0 Å². The normalized spacial score (nSPS) is 12.3. The van der Waals surface area contributed by atoms with Crippen LogP contribution in [0.4, 0.5) is 0 Å². The Balaban J connectivity index is 0. The number of hydrogen-bond acceptors (Lipinski definition) is 2. The number of nitrogens with two attached hydrogens (primary N) is 1. The van der Waals surface area contributed by atoms with Crippen molar-refractivity contribution in [1.29, 1.82) is 0 Å². The van der Waals surface area contributed by atoms with Gasteiger partial charge in [0.2, 0.25) is 0 Å². The van der Waals surface area contributed by atoms with Crippen LogP contribution in [-0.2, 0) is 4.79 Å². The lowest BCUT2D eigenvalue weighted by atomic mass is 10.0. The first-order valence-electron chi connectivity index (χ1n) is 4.02. The van der Waals surface area contributed by atoms with Gasteiger partial charge >= 0.3 is 5.97 Å². The molecule has 0 radical (unpaired) electrons. The molecule has 3 nitrogen and oxygen atoms in total. The van der Waals surface area contributed by atoms with Gasteiger partial charge in [0.15, 0.2) is 0 Å². The van der Waals surface area contributed by atoms with Crippen LogP contribution in [0.1, 0.15) is 33.1 Å². The molecule has 0 bridgehead atoms. The van der Waals surface area contributed by atoms with E-state index < -0.39 is 12.0 Å². The summed E-state index contributed by atoms with van der Waals surface area (Å²) in [5, 5.41) is 8.42. The van der Waals surface area contributed by atoms with Crippen molar-refractivity contribution < 1.29 is 9.90 Å². The molecule has 0 rings (SSSR count). The second-order valence-electron chi connectivity index (χ2n) is 3.27. The lowest BCUT2D eigenvalue weighted by Crippen LogP contribution is -2.29. The molecule has 1 atom stereocenters. The van der Waals surface area contributed by atoms with Gasteiger partial charge in [0, 0.05) is 0 Å². The van der Waals surface area contributed by atoms with Crippen LogP contribution in [0.3, 0.4) is 0 Å². The molecule has 0 heterocycles. The number of carboxylic acids is 1. The molecule has 0 unspecified atom stereocenters. The van der Waals surface area contributed by atoms with Crippen molar-refractivity contribution in [2.75, 3.05) is 0 Å². The molecule has 12 heavy (non-hydrogen) atoms. The zero-order valence-corrected chi connectivity index (χ0v) is 8.43. The van der Waals surface area contributed by atoms with Gasteiger partial charge in [-0.3, -0.25) is 4.79 Å². The second-order valence-corrected chi connectivity index (χ2v) is 3.27. The van der Waals surface area contributed by atoms with Crippen molar-refractivity contribution in [3.63, 3.8) is 0 Å². The minimum atomic E-state index is -0.895. The third-order valence-corrected chi connectivity index (χ3v) is 1.61. The number of hydrogen-bond donors (Lipinski definition) is 2. The van der Waals surface area contributed by atoms with E-state index in [1.165, 1.54) is 0 Å². The predicted molar refractivity (Wildman–Crippen MR) is 51.5 cm³/mol. The smallest absolute Gasteiger partial charge is 0.320 e. The molecule has 3 N–H and O–H groups in total. The minimum Gasteiger partial charge on any atom is -0.480 e. The van der Waals surface area contributed by atoms with Gasteiger partial charge in [-0.15, -0.1) is 12.4 Å². The van der Waals surface area contributed by atoms with Gasteiger partial charge in [-0.25, -0.2) is 0 Å². The third-order valence-electron chi connectivity index (χ3n) is 1.61. The Bertz CT molecular complexity index is 128. The highest BCUT2D eigenvalue weighted by Gasteiger charge is 2.10. The molecule has 0 spiro atoms. The molecule has 0 aliphatic carbocycles. The van der Waals surface area contributed by atoms with Crippen LogP contribution in [0.25, 0.3) is 0 Å². The first-order chi connectivity index (χ1) is 5.04. The van der Waals surface area contributed by atoms with E-state index in [2.05, 4.69) is 13.8 Å². The van der Waals surface area contributed by atoms with Crippen LogP contribution in [0.2, 0.25) is 0 Å². The standard InChI is InChI=1S/C8H17NO2.ClH/c1-6(2)4-3-5-7(9)8(10)11;/h6-7H,3-5,9H2,1-2H3,(H,10,11);1H/t7-;/m0./s1. The summed E-state index contributed by atoms with van der Waals surface area (Å²) in [6.45, 7) is 4.23. The summed E-state index contributed by atoms with van der Waals surface area (Å²) in [6, 6.07) is -0.672. The summed E-state index contributed by atoms with van der Waals surface area (Å²) < 4.78 is 0. The Morgan fingerprint density at radius 2 is 1.92 bits per heavy atom. The highest BCUT2D eigenvalue weighted by atomic mass is 35.5. The Hall–Kier alpha value is -0.280. The molecule has 0 aliphatic heterocycles. The molecule has 0 saturated carbocycles. The number of carboxylic acid groups (broad SMARTS) is 1. The average Bonchev–Trinajstić information content (AvgIpc) is 1.86. The first kappa shape index (κ1) is 14.3. The van der Waals surface area contributed by atoms with Gasteiger partial charge in [0.05, 0.1) is 0 Å². The molecule has 0 aromatic heterocycles. The highest BCUT2D eigenvalue weighted by molar-refractivity contribution is 5.85. The molecule has 0 fully saturated rings. The number of rotatable bonds is 5. The number of aliphatic carboxylic acids is 1. The van der Waals surface area contributed by atoms with Crippen molar-refractivity contribution >= 4 is 18.4 Å². The quantitative estimate of drug-likeness (QED) is 0.701. The topological polar surface area (TPSA) is 63.3 Å². The predicted octanol–water partition coefficient (Wildman–Crippen LogP) is 1.65. The van der Waals surface area contributed by atoms with Crippen molar-refractivity contribution in [2.24, 2.45) is 11.7 Å². The highest BCUT2D eigenvalue weighted by Crippen LogP contribution is 2.07. The zero-order chi connectivity index (χ0) is 8.85. The fourth-order valence-corrected chi connectivity index (χ4v) is 0.869. The molecule has 0 saturated heterocycles. The Morgan fingerprint density at radius 1 is 1.42 bits per heavy atom. The second kappa shape index (κ2) is 7.37. The van der Waals surface area contributed by atoms with Gasteiger partial charge < -0.3 is 10.8 Å². The summed E-state index contributed by atoms with van der Waals surface area (Å²) in [5.74, 6) is -0.259. The molecule has 0 aromatic carbocycles. The summed E-state index contributed by atoms with van der Waals surface area (Å²) in [5.41, 5.74) is 5.30. The van der Waals surface area contributed by atoms with E-state index in [0.717, 1.165) is 12.8 Å². The minimum absolute atomic E-state index is 0. The van der Waals surface area contributed by atoms with Gasteiger partial charge in [0.1, 0.15) is 6.04 Å². The fraction of sp³-hybridized carbons (Fsp3) is 0.875. The van der Waals surface area contributed by atoms with Gasteiger partial charge in [-0.05, 0) is 12.3 Å². The molecule has 74 valence electrons. The van der Waals surface area contributed by atoms with Gasteiger partial charge in [-0.1, -0.05) is 26.7 Å². The van der Waals surface area contributed by atoms with Crippen LogP contribution >= 0.6 is 12.4 Å².